The van der Waals surface area contributed by atoms with Gasteiger partial charge in [-0.15, -0.1) is 5.10 Å². The topological polar surface area (TPSA) is 42.7 Å². The van der Waals surface area contributed by atoms with Crippen molar-refractivity contribution in [3.8, 4) is 0 Å². The normalized spacial score (nSPS) is 11.6. The molecule has 1 heterocycles. The summed E-state index contributed by atoms with van der Waals surface area (Å²) in [6, 6.07) is 4.51. The molecule has 0 unspecified atom stereocenters. The van der Waals surface area contributed by atoms with Gasteiger partial charge in [0, 0.05) is 5.02 Å². The van der Waals surface area contributed by atoms with Crippen LogP contribution >= 0.6 is 11.6 Å². The van der Waals surface area contributed by atoms with Crippen LogP contribution in [0, 0.1) is 5.82 Å². The highest BCUT2D eigenvalue weighted by atomic mass is 35.5. The maximum atomic E-state index is 13.6. The SMILES string of the molecule is CC(C)(C)n1cc(CNc2ccc(Cl)cc2F)nn1. The number of hydrogen-bond donors (Lipinski definition) is 1. The van der Waals surface area contributed by atoms with Gasteiger partial charge in [0.05, 0.1) is 24.0 Å². The highest BCUT2D eigenvalue weighted by Crippen LogP contribution is 2.19. The number of rotatable bonds is 3. The molecule has 0 aliphatic carbocycles. The van der Waals surface area contributed by atoms with Crippen molar-refractivity contribution in [2.24, 2.45) is 0 Å². The Balaban J connectivity index is 2.04. The Morgan fingerprint density at radius 3 is 2.68 bits per heavy atom. The Hall–Kier alpha value is -1.62. The van der Waals surface area contributed by atoms with E-state index < -0.39 is 0 Å². The lowest BCUT2D eigenvalue weighted by Crippen LogP contribution is -2.22. The van der Waals surface area contributed by atoms with E-state index in [1.807, 2.05) is 27.0 Å². The molecule has 0 amide bonds. The van der Waals surface area contributed by atoms with Crippen LogP contribution in [0.25, 0.3) is 0 Å². The largest absolute Gasteiger partial charge is 0.377 e. The highest BCUT2D eigenvalue weighted by Gasteiger charge is 2.15. The Bertz CT molecular complexity index is 574. The van der Waals surface area contributed by atoms with Gasteiger partial charge in [0.2, 0.25) is 0 Å². The molecule has 0 radical (unpaired) electrons. The molecule has 102 valence electrons. The Labute approximate surface area is 116 Å². The summed E-state index contributed by atoms with van der Waals surface area (Å²) in [5.74, 6) is -0.379. The summed E-state index contributed by atoms with van der Waals surface area (Å²) in [6.07, 6.45) is 1.85. The molecule has 0 saturated heterocycles. The van der Waals surface area contributed by atoms with Crippen molar-refractivity contribution in [2.45, 2.75) is 32.9 Å². The summed E-state index contributed by atoms with van der Waals surface area (Å²) < 4.78 is 15.3. The van der Waals surface area contributed by atoms with Crippen molar-refractivity contribution in [3.63, 3.8) is 0 Å². The van der Waals surface area contributed by atoms with Crippen molar-refractivity contribution < 1.29 is 4.39 Å². The number of aromatic nitrogens is 3. The van der Waals surface area contributed by atoms with Gasteiger partial charge in [0.15, 0.2) is 0 Å². The van der Waals surface area contributed by atoms with E-state index in [2.05, 4.69) is 15.6 Å². The maximum absolute atomic E-state index is 13.6. The van der Waals surface area contributed by atoms with E-state index in [0.29, 0.717) is 17.3 Å². The quantitative estimate of drug-likeness (QED) is 0.938. The van der Waals surface area contributed by atoms with Crippen LogP contribution in [0.1, 0.15) is 26.5 Å². The monoisotopic (exact) mass is 282 g/mol. The fourth-order valence-corrected chi connectivity index (χ4v) is 1.68. The molecule has 0 aliphatic rings. The van der Waals surface area contributed by atoms with Crippen LogP contribution in [-0.4, -0.2) is 15.0 Å². The van der Waals surface area contributed by atoms with E-state index in [4.69, 9.17) is 11.6 Å². The molecule has 1 N–H and O–H groups in total. The van der Waals surface area contributed by atoms with E-state index in [1.54, 1.807) is 16.8 Å². The van der Waals surface area contributed by atoms with Crippen LogP contribution in [0.5, 0.6) is 0 Å². The zero-order valence-electron chi connectivity index (χ0n) is 11.1. The maximum Gasteiger partial charge on any atom is 0.147 e. The predicted molar refractivity (Wildman–Crippen MR) is 73.8 cm³/mol. The molecule has 0 aliphatic heterocycles. The number of nitrogens with zero attached hydrogens (tertiary/aromatic N) is 3. The molecule has 4 nitrogen and oxygen atoms in total. The number of nitrogens with one attached hydrogen (secondary N) is 1. The molecule has 0 bridgehead atoms. The summed E-state index contributed by atoms with van der Waals surface area (Å²) in [5, 5.41) is 11.4. The molecule has 6 heteroatoms. The van der Waals surface area contributed by atoms with E-state index >= 15 is 0 Å². The summed E-state index contributed by atoms with van der Waals surface area (Å²) in [4.78, 5) is 0. The lowest BCUT2D eigenvalue weighted by Gasteiger charge is -2.17. The minimum Gasteiger partial charge on any atom is -0.377 e. The first-order valence-electron chi connectivity index (χ1n) is 5.97. The van der Waals surface area contributed by atoms with E-state index in [-0.39, 0.29) is 11.4 Å². The van der Waals surface area contributed by atoms with Crippen LogP contribution in [0.3, 0.4) is 0 Å². The third kappa shape index (κ3) is 3.44. The first-order chi connectivity index (χ1) is 8.86. The standard InChI is InChI=1S/C13H16ClFN4/c1-13(2,3)19-8-10(17-18-19)7-16-12-5-4-9(14)6-11(12)15/h4-6,8,16H,7H2,1-3H3. The summed E-state index contributed by atoms with van der Waals surface area (Å²) in [5.41, 5.74) is 1.04. The predicted octanol–water partition coefficient (Wildman–Crippen LogP) is 3.44. The first kappa shape index (κ1) is 13.8. The minimum atomic E-state index is -0.379. The first-order valence-corrected chi connectivity index (χ1v) is 6.35. The molecule has 0 atom stereocenters. The molecule has 1 aromatic heterocycles. The fraction of sp³-hybridized carbons (Fsp3) is 0.385. The third-order valence-corrected chi connectivity index (χ3v) is 2.85. The highest BCUT2D eigenvalue weighted by molar-refractivity contribution is 6.30. The zero-order valence-corrected chi connectivity index (χ0v) is 11.9. The van der Waals surface area contributed by atoms with E-state index in [9.17, 15) is 4.39 Å². The molecule has 19 heavy (non-hydrogen) atoms. The number of benzene rings is 1. The van der Waals surface area contributed by atoms with Crippen molar-refractivity contribution in [1.82, 2.24) is 15.0 Å². The molecule has 2 aromatic rings. The van der Waals surface area contributed by atoms with E-state index in [1.165, 1.54) is 6.07 Å². The minimum absolute atomic E-state index is 0.114. The van der Waals surface area contributed by atoms with Crippen LogP contribution < -0.4 is 5.32 Å². The van der Waals surface area contributed by atoms with Crippen molar-refractivity contribution in [1.29, 1.82) is 0 Å². The Morgan fingerprint density at radius 2 is 2.11 bits per heavy atom. The van der Waals surface area contributed by atoms with Gasteiger partial charge in [0.25, 0.3) is 0 Å². The van der Waals surface area contributed by atoms with Crippen molar-refractivity contribution in [2.75, 3.05) is 5.32 Å². The molecule has 1 aromatic carbocycles. The second-order valence-electron chi connectivity index (χ2n) is 5.30. The lowest BCUT2D eigenvalue weighted by atomic mass is 10.1. The molecule has 0 spiro atoms. The van der Waals surface area contributed by atoms with Gasteiger partial charge in [-0.25, -0.2) is 9.07 Å². The van der Waals surface area contributed by atoms with Gasteiger partial charge in [0.1, 0.15) is 11.5 Å². The van der Waals surface area contributed by atoms with E-state index in [0.717, 1.165) is 5.69 Å². The fourth-order valence-electron chi connectivity index (χ4n) is 1.53. The lowest BCUT2D eigenvalue weighted by molar-refractivity contribution is 0.347. The van der Waals surface area contributed by atoms with Crippen LogP contribution in [-0.2, 0) is 12.1 Å². The van der Waals surface area contributed by atoms with Gasteiger partial charge >= 0.3 is 0 Å². The number of hydrogen-bond acceptors (Lipinski definition) is 3. The molecule has 0 fully saturated rings. The Morgan fingerprint density at radius 1 is 1.37 bits per heavy atom. The van der Waals surface area contributed by atoms with Gasteiger partial charge in [-0.2, -0.15) is 0 Å². The van der Waals surface area contributed by atoms with Crippen LogP contribution in [0.15, 0.2) is 24.4 Å². The number of anilines is 1. The van der Waals surface area contributed by atoms with Crippen LogP contribution in [0.2, 0.25) is 5.02 Å². The molecule has 0 saturated carbocycles. The summed E-state index contributed by atoms with van der Waals surface area (Å²) in [7, 11) is 0. The third-order valence-electron chi connectivity index (χ3n) is 2.62. The van der Waals surface area contributed by atoms with Gasteiger partial charge < -0.3 is 5.32 Å². The Kier molecular flexibility index (Phi) is 3.75. The van der Waals surface area contributed by atoms with Gasteiger partial charge in [-0.05, 0) is 39.0 Å². The zero-order chi connectivity index (χ0) is 14.0. The summed E-state index contributed by atoms with van der Waals surface area (Å²) in [6.45, 7) is 6.53. The molecular weight excluding hydrogens is 267 g/mol. The summed E-state index contributed by atoms with van der Waals surface area (Å²) >= 11 is 5.69. The van der Waals surface area contributed by atoms with Crippen molar-refractivity contribution in [3.05, 3.63) is 40.9 Å². The van der Waals surface area contributed by atoms with Gasteiger partial charge in [-0.3, -0.25) is 0 Å². The smallest absolute Gasteiger partial charge is 0.147 e. The molecule has 2 rings (SSSR count). The second kappa shape index (κ2) is 5.17. The molecular formula is C13H16ClFN4. The van der Waals surface area contributed by atoms with Crippen LogP contribution in [0.4, 0.5) is 10.1 Å². The number of halogens is 2. The van der Waals surface area contributed by atoms with Crippen molar-refractivity contribution >= 4 is 17.3 Å². The van der Waals surface area contributed by atoms with Gasteiger partial charge in [-0.1, -0.05) is 16.8 Å². The second-order valence-corrected chi connectivity index (χ2v) is 5.74. The average Bonchev–Trinajstić information content (AvgIpc) is 2.76. The average molecular weight is 283 g/mol.